The Labute approximate surface area is 107 Å². The quantitative estimate of drug-likeness (QED) is 0.760. The summed E-state index contributed by atoms with van der Waals surface area (Å²) in [7, 11) is 0. The second-order valence-corrected chi connectivity index (χ2v) is 4.76. The fourth-order valence-electron chi connectivity index (χ4n) is 1.77. The molecule has 4 nitrogen and oxygen atoms in total. The zero-order chi connectivity index (χ0) is 12.8. The number of likely N-dealkylation sites (N-methyl/N-ethyl adjacent to an activating group) is 1. The SMILES string of the molecule is CCN(CC)CCNc1snc(C)c1C(C)=O. The van der Waals surface area contributed by atoms with E-state index in [0.717, 1.165) is 42.4 Å². The summed E-state index contributed by atoms with van der Waals surface area (Å²) in [4.78, 5) is 13.8. The van der Waals surface area contributed by atoms with Gasteiger partial charge in [0.15, 0.2) is 5.78 Å². The fraction of sp³-hybridized carbons (Fsp3) is 0.667. The summed E-state index contributed by atoms with van der Waals surface area (Å²) in [6, 6.07) is 0. The van der Waals surface area contributed by atoms with Gasteiger partial charge >= 0.3 is 0 Å². The van der Waals surface area contributed by atoms with Crippen LogP contribution in [0.1, 0.15) is 36.8 Å². The van der Waals surface area contributed by atoms with E-state index in [1.54, 1.807) is 6.92 Å². The summed E-state index contributed by atoms with van der Waals surface area (Å²) in [6.45, 7) is 11.7. The molecule has 0 bridgehead atoms. The first-order valence-electron chi connectivity index (χ1n) is 6.03. The molecule has 0 atom stereocenters. The van der Waals surface area contributed by atoms with Crippen molar-refractivity contribution >= 4 is 22.3 Å². The van der Waals surface area contributed by atoms with Crippen molar-refractivity contribution in [2.45, 2.75) is 27.7 Å². The van der Waals surface area contributed by atoms with E-state index in [1.807, 2.05) is 6.92 Å². The topological polar surface area (TPSA) is 45.2 Å². The van der Waals surface area contributed by atoms with Gasteiger partial charge in [0.25, 0.3) is 0 Å². The van der Waals surface area contributed by atoms with Gasteiger partial charge in [-0.3, -0.25) is 4.79 Å². The lowest BCUT2D eigenvalue weighted by atomic mass is 10.2. The summed E-state index contributed by atoms with van der Waals surface area (Å²) in [5, 5.41) is 4.21. The number of nitrogens with one attached hydrogen (secondary N) is 1. The minimum Gasteiger partial charge on any atom is -0.374 e. The van der Waals surface area contributed by atoms with Gasteiger partial charge in [0.2, 0.25) is 0 Å². The van der Waals surface area contributed by atoms with E-state index in [-0.39, 0.29) is 5.78 Å². The normalized spacial score (nSPS) is 10.9. The highest BCUT2D eigenvalue weighted by Gasteiger charge is 2.14. The van der Waals surface area contributed by atoms with Crippen molar-refractivity contribution in [3.8, 4) is 0 Å². The lowest BCUT2D eigenvalue weighted by Crippen LogP contribution is -2.28. The van der Waals surface area contributed by atoms with Gasteiger partial charge in [0.05, 0.1) is 11.3 Å². The predicted octanol–water partition coefficient (Wildman–Crippen LogP) is 2.41. The number of Topliss-reactive ketones (excluding diaryl/α,β-unsaturated/α-hetero) is 1. The Balaban J connectivity index is 2.55. The van der Waals surface area contributed by atoms with Crippen LogP contribution in [-0.2, 0) is 0 Å². The van der Waals surface area contributed by atoms with Crippen LogP contribution in [0.2, 0.25) is 0 Å². The second kappa shape index (κ2) is 6.71. The molecule has 1 N–H and O–H groups in total. The van der Waals surface area contributed by atoms with Crippen molar-refractivity contribution in [2.75, 3.05) is 31.5 Å². The molecule has 5 heteroatoms. The number of rotatable bonds is 7. The Kier molecular flexibility index (Phi) is 5.58. The van der Waals surface area contributed by atoms with Crippen LogP contribution in [0.25, 0.3) is 0 Å². The number of aromatic nitrogens is 1. The van der Waals surface area contributed by atoms with Crippen molar-refractivity contribution < 1.29 is 4.79 Å². The third-order valence-corrected chi connectivity index (χ3v) is 3.72. The minimum atomic E-state index is 0.0848. The van der Waals surface area contributed by atoms with Crippen molar-refractivity contribution in [3.05, 3.63) is 11.3 Å². The van der Waals surface area contributed by atoms with E-state index >= 15 is 0 Å². The molecule has 0 aliphatic carbocycles. The molecule has 1 rings (SSSR count). The molecule has 1 aromatic rings. The average Bonchev–Trinajstić information content (AvgIpc) is 2.66. The van der Waals surface area contributed by atoms with E-state index in [2.05, 4.69) is 28.4 Å². The highest BCUT2D eigenvalue weighted by Crippen LogP contribution is 2.24. The first-order valence-corrected chi connectivity index (χ1v) is 6.80. The summed E-state index contributed by atoms with van der Waals surface area (Å²) >= 11 is 1.37. The first kappa shape index (κ1) is 14.1. The van der Waals surface area contributed by atoms with Crippen LogP contribution in [0.5, 0.6) is 0 Å². The minimum absolute atomic E-state index is 0.0848. The van der Waals surface area contributed by atoms with Crippen LogP contribution in [0.4, 0.5) is 5.00 Å². The number of carbonyl (C=O) groups is 1. The van der Waals surface area contributed by atoms with Gasteiger partial charge in [-0.25, -0.2) is 0 Å². The smallest absolute Gasteiger partial charge is 0.164 e. The molecule has 0 aromatic carbocycles. The van der Waals surface area contributed by atoms with Gasteiger partial charge in [-0.05, 0) is 38.5 Å². The Hall–Kier alpha value is -0.940. The van der Waals surface area contributed by atoms with Crippen LogP contribution in [0.15, 0.2) is 0 Å². The van der Waals surface area contributed by atoms with Crippen molar-refractivity contribution in [3.63, 3.8) is 0 Å². The highest BCUT2D eigenvalue weighted by atomic mass is 32.1. The van der Waals surface area contributed by atoms with Crippen LogP contribution in [0, 0.1) is 6.92 Å². The van der Waals surface area contributed by atoms with Crippen molar-refractivity contribution in [2.24, 2.45) is 0 Å². The molecule has 0 saturated heterocycles. The number of hydrogen-bond donors (Lipinski definition) is 1. The Morgan fingerprint density at radius 3 is 2.59 bits per heavy atom. The third kappa shape index (κ3) is 3.78. The number of ketones is 1. The van der Waals surface area contributed by atoms with Crippen LogP contribution in [-0.4, -0.2) is 41.2 Å². The number of anilines is 1. The van der Waals surface area contributed by atoms with E-state index in [9.17, 15) is 4.79 Å². The van der Waals surface area contributed by atoms with Gasteiger partial charge < -0.3 is 10.2 Å². The highest BCUT2D eigenvalue weighted by molar-refractivity contribution is 7.10. The monoisotopic (exact) mass is 255 g/mol. The summed E-state index contributed by atoms with van der Waals surface area (Å²) in [5.74, 6) is 0.0848. The zero-order valence-corrected chi connectivity index (χ0v) is 11.9. The Morgan fingerprint density at radius 1 is 1.41 bits per heavy atom. The average molecular weight is 255 g/mol. The van der Waals surface area contributed by atoms with Gasteiger partial charge in [-0.15, -0.1) is 0 Å². The lowest BCUT2D eigenvalue weighted by molar-refractivity contribution is 0.101. The van der Waals surface area contributed by atoms with Gasteiger partial charge in [-0.2, -0.15) is 4.37 Å². The molecule has 0 fully saturated rings. The molecular formula is C12H21N3OS. The molecule has 0 aliphatic heterocycles. The van der Waals surface area contributed by atoms with Gasteiger partial charge in [0.1, 0.15) is 5.00 Å². The molecular weight excluding hydrogens is 234 g/mol. The lowest BCUT2D eigenvalue weighted by Gasteiger charge is -2.18. The molecule has 0 aliphatic rings. The Bertz CT molecular complexity index is 372. The van der Waals surface area contributed by atoms with Crippen molar-refractivity contribution in [1.29, 1.82) is 0 Å². The maximum absolute atomic E-state index is 11.5. The number of aryl methyl sites for hydroxylation is 1. The number of hydrogen-bond acceptors (Lipinski definition) is 5. The maximum atomic E-state index is 11.5. The van der Waals surface area contributed by atoms with Crippen molar-refractivity contribution in [1.82, 2.24) is 9.27 Å². The van der Waals surface area contributed by atoms with E-state index in [4.69, 9.17) is 0 Å². The molecule has 0 spiro atoms. The summed E-state index contributed by atoms with van der Waals surface area (Å²) in [5.41, 5.74) is 1.57. The molecule has 17 heavy (non-hydrogen) atoms. The molecule has 1 heterocycles. The van der Waals surface area contributed by atoms with Gasteiger partial charge in [-0.1, -0.05) is 13.8 Å². The fourth-order valence-corrected chi connectivity index (χ4v) is 2.64. The molecule has 0 amide bonds. The van der Waals surface area contributed by atoms with Crippen LogP contribution >= 0.6 is 11.5 Å². The van der Waals surface area contributed by atoms with Gasteiger partial charge in [0, 0.05) is 13.1 Å². The molecule has 0 radical (unpaired) electrons. The maximum Gasteiger partial charge on any atom is 0.164 e. The molecule has 1 aromatic heterocycles. The Morgan fingerprint density at radius 2 is 2.06 bits per heavy atom. The van der Waals surface area contributed by atoms with E-state index in [1.165, 1.54) is 11.5 Å². The predicted molar refractivity (Wildman–Crippen MR) is 73.1 cm³/mol. The number of carbonyl (C=O) groups excluding carboxylic acids is 1. The van der Waals surface area contributed by atoms with Crippen LogP contribution < -0.4 is 5.32 Å². The largest absolute Gasteiger partial charge is 0.374 e. The van der Waals surface area contributed by atoms with Crippen LogP contribution in [0.3, 0.4) is 0 Å². The standard InChI is InChI=1S/C12H21N3OS/c1-5-15(6-2)8-7-13-12-11(10(4)16)9(3)14-17-12/h13H,5-8H2,1-4H3. The summed E-state index contributed by atoms with van der Waals surface area (Å²) in [6.07, 6.45) is 0. The number of nitrogens with zero attached hydrogens (tertiary/aromatic N) is 2. The first-order chi connectivity index (χ1) is 8.10. The van der Waals surface area contributed by atoms with E-state index in [0.29, 0.717) is 0 Å². The van der Waals surface area contributed by atoms with E-state index < -0.39 is 0 Å². The third-order valence-electron chi connectivity index (χ3n) is 2.82. The molecule has 0 saturated carbocycles. The summed E-state index contributed by atoms with van der Waals surface area (Å²) < 4.78 is 4.22. The second-order valence-electron chi connectivity index (χ2n) is 3.98. The molecule has 0 unspecified atom stereocenters. The molecule has 96 valence electrons. The zero-order valence-electron chi connectivity index (χ0n) is 11.0.